The van der Waals surface area contributed by atoms with Gasteiger partial charge in [0, 0.05) is 15.5 Å². The molecule has 0 bridgehead atoms. The minimum absolute atomic E-state index is 0.0823. The van der Waals surface area contributed by atoms with Crippen LogP contribution in [0.25, 0.3) is 0 Å². The third-order valence-electron chi connectivity index (χ3n) is 2.71. The number of hydrogen-bond donors (Lipinski definition) is 0. The fourth-order valence-corrected chi connectivity index (χ4v) is 2.65. The highest BCUT2D eigenvalue weighted by molar-refractivity contribution is 8.00. The first-order valence-electron chi connectivity index (χ1n) is 6.39. The van der Waals surface area contributed by atoms with Crippen LogP contribution in [0.5, 0.6) is 5.75 Å². The molecule has 0 atom stereocenters. The molecule has 0 aliphatic heterocycles. The molecule has 0 aliphatic carbocycles. The van der Waals surface area contributed by atoms with E-state index in [-0.39, 0.29) is 5.78 Å². The van der Waals surface area contributed by atoms with Crippen LogP contribution >= 0.6 is 35.0 Å². The lowest BCUT2D eigenvalue weighted by atomic mass is 10.1. The van der Waals surface area contributed by atoms with Crippen LogP contribution in [-0.2, 0) is 0 Å². The quantitative estimate of drug-likeness (QED) is 0.406. The molecule has 0 fully saturated rings. The Balaban J connectivity index is 1.89. The number of Topliss-reactive ketones (excluding diaryl/α,β-unsaturated/α-hetero) is 1. The van der Waals surface area contributed by atoms with E-state index in [9.17, 15) is 4.79 Å². The number of hydrogen-bond acceptors (Lipinski definition) is 3. The predicted octanol–water partition coefficient (Wildman–Crippen LogP) is 4.93. The molecule has 5 heteroatoms. The summed E-state index contributed by atoms with van der Waals surface area (Å²) in [6.45, 7) is 0.460. The molecule has 0 N–H and O–H groups in total. The predicted molar refractivity (Wildman–Crippen MR) is 89.2 cm³/mol. The van der Waals surface area contributed by atoms with E-state index in [2.05, 4.69) is 0 Å². The van der Waals surface area contributed by atoms with Crippen LogP contribution in [0.2, 0.25) is 5.02 Å². The number of halogens is 2. The fourth-order valence-electron chi connectivity index (χ4n) is 1.66. The molecule has 0 heterocycles. The van der Waals surface area contributed by atoms with Gasteiger partial charge in [0.15, 0.2) is 5.78 Å². The summed E-state index contributed by atoms with van der Waals surface area (Å²) in [6, 6.07) is 14.6. The molecule has 0 saturated heterocycles. The first-order valence-corrected chi connectivity index (χ1v) is 8.29. The molecule has 2 nitrogen and oxygen atoms in total. The summed E-state index contributed by atoms with van der Waals surface area (Å²) in [5.74, 6) is 1.64. The largest absolute Gasteiger partial charge is 0.492 e. The highest BCUT2D eigenvalue weighted by Crippen LogP contribution is 2.22. The number of rotatable bonds is 7. The molecule has 0 aromatic heterocycles. The lowest BCUT2D eigenvalue weighted by molar-refractivity contribution is 0.102. The summed E-state index contributed by atoms with van der Waals surface area (Å²) in [5.41, 5.74) is 0.676. The molecule has 21 heavy (non-hydrogen) atoms. The number of benzene rings is 2. The Bertz CT molecular complexity index is 582. The maximum absolute atomic E-state index is 12.1. The second kappa shape index (κ2) is 8.32. The summed E-state index contributed by atoms with van der Waals surface area (Å²) < 4.78 is 5.37. The Labute approximate surface area is 138 Å². The van der Waals surface area contributed by atoms with Gasteiger partial charge in [-0.25, -0.2) is 0 Å². The van der Waals surface area contributed by atoms with Crippen molar-refractivity contribution in [2.24, 2.45) is 0 Å². The van der Waals surface area contributed by atoms with E-state index in [1.165, 1.54) is 11.8 Å². The van der Waals surface area contributed by atoms with E-state index < -0.39 is 0 Å². The summed E-state index contributed by atoms with van der Waals surface area (Å²) in [6.07, 6.45) is 0. The van der Waals surface area contributed by atoms with E-state index in [0.717, 1.165) is 10.6 Å². The number of thioether (sulfide) groups is 1. The van der Waals surface area contributed by atoms with Crippen molar-refractivity contribution in [3.63, 3.8) is 0 Å². The maximum atomic E-state index is 12.1. The average molecular weight is 341 g/mol. The number of alkyl halides is 1. The van der Waals surface area contributed by atoms with Crippen molar-refractivity contribution in [2.75, 3.05) is 18.2 Å². The Morgan fingerprint density at radius 1 is 1.05 bits per heavy atom. The van der Waals surface area contributed by atoms with Gasteiger partial charge in [0.05, 0.1) is 11.6 Å². The second-order valence-electron chi connectivity index (χ2n) is 4.23. The normalized spacial score (nSPS) is 10.4. The third-order valence-corrected chi connectivity index (χ3v) is 4.12. The van der Waals surface area contributed by atoms with Crippen LogP contribution in [-0.4, -0.2) is 24.0 Å². The van der Waals surface area contributed by atoms with E-state index in [1.807, 2.05) is 24.3 Å². The SMILES string of the molecule is O=C(CSc1ccc(Cl)cc1)c1ccc(OCCCl)cc1. The van der Waals surface area contributed by atoms with Gasteiger partial charge in [0.1, 0.15) is 12.4 Å². The van der Waals surface area contributed by atoms with Crippen molar-refractivity contribution < 1.29 is 9.53 Å². The second-order valence-corrected chi connectivity index (χ2v) is 6.09. The number of carbonyl (C=O) groups excluding carboxylic acids is 1. The molecule has 2 aromatic carbocycles. The first-order chi connectivity index (χ1) is 10.2. The van der Waals surface area contributed by atoms with Gasteiger partial charge in [-0.2, -0.15) is 0 Å². The monoisotopic (exact) mass is 340 g/mol. The van der Waals surface area contributed by atoms with Crippen LogP contribution in [0.15, 0.2) is 53.4 Å². The Kier molecular flexibility index (Phi) is 6.43. The van der Waals surface area contributed by atoms with Crippen molar-refractivity contribution in [3.8, 4) is 5.75 Å². The van der Waals surface area contributed by atoms with E-state index >= 15 is 0 Å². The molecule has 0 aliphatic rings. The highest BCUT2D eigenvalue weighted by Gasteiger charge is 2.07. The Morgan fingerprint density at radius 2 is 1.71 bits per heavy atom. The lowest BCUT2D eigenvalue weighted by Gasteiger charge is -2.05. The van der Waals surface area contributed by atoms with Gasteiger partial charge in [-0.1, -0.05) is 11.6 Å². The van der Waals surface area contributed by atoms with Gasteiger partial charge in [-0.05, 0) is 48.5 Å². The highest BCUT2D eigenvalue weighted by atomic mass is 35.5. The van der Waals surface area contributed by atoms with Crippen molar-refractivity contribution in [3.05, 3.63) is 59.1 Å². The molecule has 0 spiro atoms. The molecule has 0 unspecified atom stereocenters. The van der Waals surface area contributed by atoms with Gasteiger partial charge < -0.3 is 4.74 Å². The molecule has 0 saturated carbocycles. The molecule has 0 amide bonds. The molecule has 2 rings (SSSR count). The number of carbonyl (C=O) groups is 1. The first kappa shape index (κ1) is 16.2. The topological polar surface area (TPSA) is 26.3 Å². The summed E-state index contributed by atoms with van der Waals surface area (Å²) >= 11 is 12.9. The summed E-state index contributed by atoms with van der Waals surface area (Å²) in [7, 11) is 0. The summed E-state index contributed by atoms with van der Waals surface area (Å²) in [4.78, 5) is 13.1. The standard InChI is InChI=1S/C16H14Cl2O2S/c17-9-10-20-14-5-1-12(2-6-14)16(19)11-21-15-7-3-13(18)4-8-15/h1-8H,9-11H2. The zero-order valence-corrected chi connectivity index (χ0v) is 13.5. The molecule has 2 aromatic rings. The summed E-state index contributed by atoms with van der Waals surface area (Å²) in [5, 5.41) is 0.693. The molecule has 0 radical (unpaired) electrons. The van der Waals surface area contributed by atoms with Crippen LogP contribution < -0.4 is 4.74 Å². The lowest BCUT2D eigenvalue weighted by Crippen LogP contribution is -2.03. The van der Waals surface area contributed by atoms with Gasteiger partial charge >= 0.3 is 0 Å². The average Bonchev–Trinajstić information content (AvgIpc) is 2.52. The number of ketones is 1. The van der Waals surface area contributed by atoms with E-state index in [1.54, 1.807) is 24.3 Å². The van der Waals surface area contributed by atoms with E-state index in [0.29, 0.717) is 28.8 Å². The van der Waals surface area contributed by atoms with Gasteiger partial charge in [0.2, 0.25) is 0 Å². The van der Waals surface area contributed by atoms with Gasteiger partial charge in [-0.15, -0.1) is 23.4 Å². The van der Waals surface area contributed by atoms with Crippen molar-refractivity contribution in [1.29, 1.82) is 0 Å². The smallest absolute Gasteiger partial charge is 0.173 e. The molecule has 110 valence electrons. The maximum Gasteiger partial charge on any atom is 0.173 e. The van der Waals surface area contributed by atoms with Gasteiger partial charge in [-0.3, -0.25) is 4.79 Å². The van der Waals surface area contributed by atoms with Crippen LogP contribution in [0, 0.1) is 0 Å². The zero-order chi connectivity index (χ0) is 15.1. The van der Waals surface area contributed by atoms with Crippen molar-refractivity contribution in [1.82, 2.24) is 0 Å². The van der Waals surface area contributed by atoms with Crippen LogP contribution in [0.3, 0.4) is 0 Å². The minimum Gasteiger partial charge on any atom is -0.492 e. The minimum atomic E-state index is 0.0823. The third kappa shape index (κ3) is 5.27. The Morgan fingerprint density at radius 3 is 2.33 bits per heavy atom. The van der Waals surface area contributed by atoms with Crippen molar-refractivity contribution in [2.45, 2.75) is 4.90 Å². The number of ether oxygens (including phenoxy) is 1. The van der Waals surface area contributed by atoms with Crippen LogP contribution in [0.1, 0.15) is 10.4 Å². The van der Waals surface area contributed by atoms with Crippen molar-refractivity contribution >= 4 is 40.7 Å². The van der Waals surface area contributed by atoms with E-state index in [4.69, 9.17) is 27.9 Å². The molecular formula is C16H14Cl2O2S. The van der Waals surface area contributed by atoms with Gasteiger partial charge in [0.25, 0.3) is 0 Å². The Hall–Kier alpha value is -1.16. The zero-order valence-electron chi connectivity index (χ0n) is 11.2. The fraction of sp³-hybridized carbons (Fsp3) is 0.188. The van der Waals surface area contributed by atoms with Crippen LogP contribution in [0.4, 0.5) is 0 Å². The molecular weight excluding hydrogens is 327 g/mol.